The molecule has 1 saturated carbocycles. The van der Waals surface area contributed by atoms with E-state index in [0.717, 1.165) is 0 Å². The topological polar surface area (TPSA) is 119 Å². The molecule has 2 spiro atoms. The molecule has 3 aliphatic heterocycles. The predicted octanol–water partition coefficient (Wildman–Crippen LogP) is -0.744. The largest absolute Gasteiger partial charge is 0.461 e. The minimum atomic E-state index is -1.78. The highest BCUT2D eigenvalue weighted by Crippen LogP contribution is 2.75. The minimum Gasteiger partial charge on any atom is -0.461 e. The van der Waals surface area contributed by atoms with Gasteiger partial charge in [-0.2, -0.15) is 0 Å². The first-order valence-corrected chi connectivity index (χ1v) is 7.54. The van der Waals surface area contributed by atoms with E-state index in [-0.39, 0.29) is 12.8 Å². The number of aliphatic hydroxyl groups excluding tert-OH is 1. The third kappa shape index (κ3) is 1.20. The van der Waals surface area contributed by atoms with Gasteiger partial charge in [0.1, 0.15) is 16.9 Å². The van der Waals surface area contributed by atoms with E-state index < -0.39 is 58.3 Å². The van der Waals surface area contributed by atoms with Crippen LogP contribution in [-0.4, -0.2) is 52.2 Å². The van der Waals surface area contributed by atoms with Crippen molar-refractivity contribution in [3.05, 3.63) is 0 Å². The molecule has 4 fully saturated rings. The van der Waals surface area contributed by atoms with Crippen LogP contribution in [0.15, 0.2) is 0 Å². The zero-order chi connectivity index (χ0) is 17.0. The van der Waals surface area contributed by atoms with Crippen LogP contribution in [-0.2, 0) is 28.6 Å². The maximum Gasteiger partial charge on any atom is 0.339 e. The fraction of sp³-hybridized carbons (Fsp3) is 0.800. The van der Waals surface area contributed by atoms with E-state index in [1.54, 1.807) is 20.8 Å². The van der Waals surface area contributed by atoms with Gasteiger partial charge in [0.2, 0.25) is 0 Å². The van der Waals surface area contributed by atoms with Gasteiger partial charge in [-0.25, -0.2) is 4.79 Å². The summed E-state index contributed by atoms with van der Waals surface area (Å²) in [6, 6.07) is 0. The molecule has 8 heteroatoms. The molecule has 1 aliphatic carbocycles. The molecule has 2 N–H and O–H groups in total. The van der Waals surface area contributed by atoms with Crippen molar-refractivity contribution in [1.29, 1.82) is 0 Å². The Morgan fingerprint density at radius 2 is 1.78 bits per heavy atom. The number of aliphatic hydroxyl groups is 2. The summed E-state index contributed by atoms with van der Waals surface area (Å²) in [5.41, 5.74) is -5.91. The molecule has 0 aromatic heterocycles. The van der Waals surface area contributed by atoms with Gasteiger partial charge in [-0.05, 0) is 5.41 Å². The lowest BCUT2D eigenvalue weighted by molar-refractivity contribution is -0.224. The van der Waals surface area contributed by atoms with Crippen molar-refractivity contribution in [3.63, 3.8) is 0 Å². The molecule has 3 heterocycles. The maximum atomic E-state index is 12.6. The standard InChI is InChI=1S/C15H18O8/c1-12(2,3)14(20)4-6-13(5-7(16)21-6)10(19)23-11-15(13,14)8(17)9(18)22-11/h6,8,11,17,20H,4-5H2,1-3H3/t6-,8+,11-,13-,14?,15+/m0/s1. The first-order valence-electron chi connectivity index (χ1n) is 7.54. The van der Waals surface area contributed by atoms with Gasteiger partial charge in [-0.1, -0.05) is 20.8 Å². The van der Waals surface area contributed by atoms with Crippen LogP contribution < -0.4 is 0 Å². The van der Waals surface area contributed by atoms with Crippen molar-refractivity contribution < 1.29 is 38.8 Å². The molecule has 4 rings (SSSR count). The third-order valence-electron chi connectivity index (χ3n) is 6.22. The second-order valence-electron chi connectivity index (χ2n) is 7.89. The van der Waals surface area contributed by atoms with Crippen LogP contribution in [0.4, 0.5) is 0 Å². The third-order valence-corrected chi connectivity index (χ3v) is 6.22. The average molecular weight is 326 g/mol. The number of rotatable bonds is 0. The minimum absolute atomic E-state index is 0.0679. The molecule has 8 nitrogen and oxygen atoms in total. The normalized spacial score (nSPS) is 51.0. The van der Waals surface area contributed by atoms with Crippen LogP contribution in [0.1, 0.15) is 33.6 Å². The van der Waals surface area contributed by atoms with Gasteiger partial charge < -0.3 is 24.4 Å². The zero-order valence-corrected chi connectivity index (χ0v) is 13.0. The molecule has 126 valence electrons. The second kappa shape index (κ2) is 3.70. The molecule has 0 radical (unpaired) electrons. The molecule has 0 amide bonds. The van der Waals surface area contributed by atoms with Crippen molar-refractivity contribution in [2.75, 3.05) is 0 Å². The van der Waals surface area contributed by atoms with Crippen LogP contribution in [0.5, 0.6) is 0 Å². The molecular formula is C15H18O8. The van der Waals surface area contributed by atoms with Crippen molar-refractivity contribution in [1.82, 2.24) is 0 Å². The molecule has 3 saturated heterocycles. The monoisotopic (exact) mass is 326 g/mol. The smallest absolute Gasteiger partial charge is 0.339 e. The first kappa shape index (κ1) is 14.9. The van der Waals surface area contributed by atoms with Gasteiger partial charge in [0.05, 0.1) is 12.0 Å². The molecule has 0 bridgehead atoms. The SMILES string of the molecule is CC(C)(C)C1(O)C[C@@H]2OC(=O)C[C@@]23C(=O)O[C@@H]2OC(=O)[C@@H](O)[C@]213. The summed E-state index contributed by atoms with van der Waals surface area (Å²) in [6.07, 6.45) is -4.58. The van der Waals surface area contributed by atoms with Crippen LogP contribution in [0.3, 0.4) is 0 Å². The summed E-state index contributed by atoms with van der Waals surface area (Å²) in [4.78, 5) is 36.5. The average Bonchev–Trinajstić information content (AvgIpc) is 3.00. The van der Waals surface area contributed by atoms with E-state index in [1.807, 2.05) is 0 Å². The Balaban J connectivity index is 2.05. The van der Waals surface area contributed by atoms with Gasteiger partial charge in [0, 0.05) is 6.42 Å². The molecule has 1 unspecified atom stereocenters. The number of hydrogen-bond acceptors (Lipinski definition) is 8. The number of esters is 3. The van der Waals surface area contributed by atoms with E-state index in [2.05, 4.69) is 0 Å². The van der Waals surface area contributed by atoms with Crippen molar-refractivity contribution in [3.8, 4) is 0 Å². The van der Waals surface area contributed by atoms with E-state index in [1.165, 1.54) is 0 Å². The molecular weight excluding hydrogens is 308 g/mol. The predicted molar refractivity (Wildman–Crippen MR) is 70.4 cm³/mol. The van der Waals surface area contributed by atoms with Crippen molar-refractivity contribution >= 4 is 17.9 Å². The Morgan fingerprint density at radius 3 is 2.39 bits per heavy atom. The highest BCUT2D eigenvalue weighted by Gasteiger charge is 2.92. The van der Waals surface area contributed by atoms with Gasteiger partial charge in [-0.3, -0.25) is 9.59 Å². The second-order valence-corrected chi connectivity index (χ2v) is 7.89. The Hall–Kier alpha value is -1.67. The Kier molecular flexibility index (Phi) is 2.39. The van der Waals surface area contributed by atoms with Crippen LogP contribution in [0.25, 0.3) is 0 Å². The molecule has 23 heavy (non-hydrogen) atoms. The summed E-state index contributed by atoms with van der Waals surface area (Å²) >= 11 is 0. The van der Waals surface area contributed by atoms with Crippen molar-refractivity contribution in [2.24, 2.45) is 16.2 Å². The molecule has 0 aromatic rings. The quantitative estimate of drug-likeness (QED) is 0.558. The fourth-order valence-corrected chi connectivity index (χ4v) is 5.15. The lowest BCUT2D eigenvalue weighted by atomic mass is 9.52. The van der Waals surface area contributed by atoms with Gasteiger partial charge in [0.25, 0.3) is 6.29 Å². The fourth-order valence-electron chi connectivity index (χ4n) is 5.15. The zero-order valence-electron chi connectivity index (χ0n) is 13.0. The Labute approximate surface area is 131 Å². The number of hydrogen-bond donors (Lipinski definition) is 2. The lowest BCUT2D eigenvalue weighted by Crippen LogP contribution is -2.65. The molecule has 4 aliphatic rings. The van der Waals surface area contributed by atoms with Crippen LogP contribution in [0, 0.1) is 16.2 Å². The van der Waals surface area contributed by atoms with E-state index in [0.29, 0.717) is 0 Å². The highest BCUT2D eigenvalue weighted by molar-refractivity contribution is 5.94. The summed E-state index contributed by atoms with van der Waals surface area (Å²) in [6.45, 7) is 5.19. The number of carbonyl (C=O) groups excluding carboxylic acids is 3. The summed E-state index contributed by atoms with van der Waals surface area (Å²) in [5.74, 6) is -2.36. The van der Waals surface area contributed by atoms with E-state index in [4.69, 9.17) is 14.2 Å². The maximum absolute atomic E-state index is 12.6. The molecule has 0 aromatic carbocycles. The Morgan fingerprint density at radius 1 is 1.13 bits per heavy atom. The van der Waals surface area contributed by atoms with Crippen molar-refractivity contribution in [2.45, 2.75) is 57.7 Å². The Bertz CT molecular complexity index is 650. The summed E-state index contributed by atoms with van der Waals surface area (Å²) in [5, 5.41) is 22.2. The number of carbonyl (C=O) groups is 3. The van der Waals surface area contributed by atoms with Gasteiger partial charge in [0.15, 0.2) is 6.10 Å². The summed E-state index contributed by atoms with van der Waals surface area (Å²) in [7, 11) is 0. The first-order chi connectivity index (χ1) is 10.5. The summed E-state index contributed by atoms with van der Waals surface area (Å²) < 4.78 is 15.5. The van der Waals surface area contributed by atoms with Crippen LogP contribution >= 0.6 is 0 Å². The van der Waals surface area contributed by atoms with Gasteiger partial charge in [-0.15, -0.1) is 0 Å². The van der Waals surface area contributed by atoms with E-state index in [9.17, 15) is 24.6 Å². The van der Waals surface area contributed by atoms with Gasteiger partial charge >= 0.3 is 17.9 Å². The highest BCUT2D eigenvalue weighted by atomic mass is 16.7. The van der Waals surface area contributed by atoms with Crippen LogP contribution in [0.2, 0.25) is 0 Å². The number of ether oxygens (including phenoxy) is 3. The lowest BCUT2D eigenvalue weighted by Gasteiger charge is -2.49. The molecule has 6 atom stereocenters. The van der Waals surface area contributed by atoms with E-state index >= 15 is 0 Å².